The van der Waals surface area contributed by atoms with Crippen molar-refractivity contribution in [2.24, 2.45) is 5.41 Å². The fraction of sp³-hybridized carbons (Fsp3) is 0.522. The van der Waals surface area contributed by atoms with E-state index in [1.807, 2.05) is 6.92 Å². The van der Waals surface area contributed by atoms with Crippen molar-refractivity contribution in [2.45, 2.75) is 45.6 Å². The number of esters is 1. The van der Waals surface area contributed by atoms with Gasteiger partial charge in [0.25, 0.3) is 5.91 Å². The SMILES string of the molecule is CCn1nc(CCCOC(=O)c2ccc(F)c(Cl)c2)c2c1C(=O)NCC1(CCOCC1)C2. The van der Waals surface area contributed by atoms with Crippen molar-refractivity contribution in [3.05, 3.63) is 51.6 Å². The smallest absolute Gasteiger partial charge is 0.338 e. The maximum atomic E-state index is 13.3. The fourth-order valence-corrected chi connectivity index (χ4v) is 4.66. The summed E-state index contributed by atoms with van der Waals surface area (Å²) < 4.78 is 25.9. The van der Waals surface area contributed by atoms with E-state index >= 15 is 0 Å². The molecule has 0 bridgehead atoms. The summed E-state index contributed by atoms with van der Waals surface area (Å²) in [6.45, 7) is 4.80. The number of fused-ring (bicyclic) bond motifs is 1. The van der Waals surface area contributed by atoms with Crippen LogP contribution in [0.3, 0.4) is 0 Å². The Morgan fingerprint density at radius 1 is 1.38 bits per heavy atom. The maximum Gasteiger partial charge on any atom is 0.338 e. The minimum atomic E-state index is -0.582. The summed E-state index contributed by atoms with van der Waals surface area (Å²) in [5, 5.41) is 7.68. The predicted octanol–water partition coefficient (Wildman–Crippen LogP) is 3.57. The molecule has 32 heavy (non-hydrogen) atoms. The number of rotatable bonds is 6. The van der Waals surface area contributed by atoms with E-state index in [2.05, 4.69) is 5.32 Å². The molecule has 1 N–H and O–H groups in total. The Morgan fingerprint density at radius 3 is 2.88 bits per heavy atom. The van der Waals surface area contributed by atoms with E-state index in [9.17, 15) is 14.0 Å². The topological polar surface area (TPSA) is 82.5 Å². The van der Waals surface area contributed by atoms with Crippen LogP contribution in [0.1, 0.15) is 58.3 Å². The minimum absolute atomic E-state index is 0.0101. The lowest BCUT2D eigenvalue weighted by Crippen LogP contribution is -2.40. The van der Waals surface area contributed by atoms with E-state index in [0.717, 1.165) is 36.6 Å². The van der Waals surface area contributed by atoms with Crippen molar-refractivity contribution in [2.75, 3.05) is 26.4 Å². The van der Waals surface area contributed by atoms with Gasteiger partial charge in [0, 0.05) is 31.9 Å². The van der Waals surface area contributed by atoms with Gasteiger partial charge in [-0.1, -0.05) is 11.6 Å². The largest absolute Gasteiger partial charge is 0.462 e. The summed E-state index contributed by atoms with van der Waals surface area (Å²) in [6, 6.07) is 3.75. The van der Waals surface area contributed by atoms with E-state index in [-0.39, 0.29) is 28.5 Å². The molecule has 3 heterocycles. The van der Waals surface area contributed by atoms with Crippen LogP contribution in [0.15, 0.2) is 18.2 Å². The predicted molar refractivity (Wildman–Crippen MR) is 116 cm³/mol. The van der Waals surface area contributed by atoms with Crippen LogP contribution >= 0.6 is 11.6 Å². The zero-order valence-corrected chi connectivity index (χ0v) is 18.8. The number of aryl methyl sites for hydroxylation is 2. The molecule has 1 aromatic heterocycles. The number of aromatic nitrogens is 2. The third-order valence-electron chi connectivity index (χ3n) is 6.32. The van der Waals surface area contributed by atoms with Gasteiger partial charge in [0.15, 0.2) is 0 Å². The van der Waals surface area contributed by atoms with E-state index in [4.69, 9.17) is 26.2 Å². The lowest BCUT2D eigenvalue weighted by Gasteiger charge is -2.36. The zero-order valence-electron chi connectivity index (χ0n) is 18.1. The Labute approximate surface area is 191 Å². The number of carbonyl (C=O) groups excluding carboxylic acids is 2. The summed E-state index contributed by atoms with van der Waals surface area (Å²) in [6.07, 6.45) is 3.74. The van der Waals surface area contributed by atoms with Crippen molar-refractivity contribution in [3.63, 3.8) is 0 Å². The molecular weight excluding hydrogens is 437 g/mol. The Balaban J connectivity index is 1.44. The molecule has 2 aliphatic heterocycles. The maximum absolute atomic E-state index is 13.3. The van der Waals surface area contributed by atoms with Gasteiger partial charge in [0.1, 0.15) is 11.5 Å². The van der Waals surface area contributed by atoms with Gasteiger partial charge in [-0.3, -0.25) is 9.48 Å². The number of hydrogen-bond acceptors (Lipinski definition) is 5. The molecule has 0 saturated carbocycles. The van der Waals surface area contributed by atoms with Crippen molar-refractivity contribution >= 4 is 23.5 Å². The van der Waals surface area contributed by atoms with Gasteiger partial charge < -0.3 is 14.8 Å². The van der Waals surface area contributed by atoms with Gasteiger partial charge >= 0.3 is 5.97 Å². The number of halogens is 2. The van der Waals surface area contributed by atoms with Crippen molar-refractivity contribution in [1.82, 2.24) is 15.1 Å². The first-order chi connectivity index (χ1) is 15.4. The molecule has 2 aliphatic rings. The van der Waals surface area contributed by atoms with Crippen molar-refractivity contribution < 1.29 is 23.5 Å². The monoisotopic (exact) mass is 463 g/mol. The first-order valence-electron chi connectivity index (χ1n) is 11.0. The molecule has 1 amide bonds. The van der Waals surface area contributed by atoms with Crippen LogP contribution in [-0.2, 0) is 28.9 Å². The third-order valence-corrected chi connectivity index (χ3v) is 6.61. The second kappa shape index (κ2) is 9.58. The highest BCUT2D eigenvalue weighted by Gasteiger charge is 2.39. The molecule has 0 unspecified atom stereocenters. The fourth-order valence-electron chi connectivity index (χ4n) is 4.48. The number of ether oxygens (including phenoxy) is 2. The van der Waals surface area contributed by atoms with Crippen LogP contribution in [0.4, 0.5) is 4.39 Å². The molecule has 172 valence electrons. The van der Waals surface area contributed by atoms with E-state index in [1.165, 1.54) is 12.1 Å². The molecule has 2 aromatic rings. The zero-order chi connectivity index (χ0) is 22.7. The van der Waals surface area contributed by atoms with Gasteiger partial charge in [-0.05, 0) is 62.6 Å². The first-order valence-corrected chi connectivity index (χ1v) is 11.4. The molecule has 0 aliphatic carbocycles. The Bertz CT molecular complexity index is 1020. The van der Waals surface area contributed by atoms with Crippen LogP contribution in [0.5, 0.6) is 0 Å². The standard InChI is InChI=1S/C23H27ClFN3O4/c1-2-28-20-16(13-23(14-26-21(20)29)7-10-31-11-8-23)19(27-28)4-3-9-32-22(30)15-5-6-18(25)17(24)12-15/h5-6,12H,2-4,7-11,13-14H2,1H3,(H,26,29). The molecule has 4 rings (SSSR count). The number of nitrogens with zero attached hydrogens (tertiary/aromatic N) is 2. The Kier molecular flexibility index (Phi) is 6.81. The average molecular weight is 464 g/mol. The van der Waals surface area contributed by atoms with E-state index in [0.29, 0.717) is 44.8 Å². The van der Waals surface area contributed by atoms with Gasteiger partial charge in [0.2, 0.25) is 0 Å². The van der Waals surface area contributed by atoms with Crippen LogP contribution in [0, 0.1) is 11.2 Å². The molecule has 7 nitrogen and oxygen atoms in total. The number of carbonyl (C=O) groups is 2. The normalized spacial score (nSPS) is 17.5. The molecule has 0 radical (unpaired) electrons. The molecule has 0 atom stereocenters. The van der Waals surface area contributed by atoms with Gasteiger partial charge in [-0.15, -0.1) is 0 Å². The van der Waals surface area contributed by atoms with Crippen LogP contribution in [-0.4, -0.2) is 48.0 Å². The second-order valence-electron chi connectivity index (χ2n) is 8.43. The highest BCUT2D eigenvalue weighted by atomic mass is 35.5. The molecule has 1 fully saturated rings. The molecule has 1 saturated heterocycles. The average Bonchev–Trinajstić information content (AvgIpc) is 3.07. The Morgan fingerprint density at radius 2 is 2.16 bits per heavy atom. The highest BCUT2D eigenvalue weighted by Crippen LogP contribution is 2.37. The number of benzene rings is 1. The third kappa shape index (κ3) is 4.66. The van der Waals surface area contributed by atoms with E-state index in [1.54, 1.807) is 4.68 Å². The van der Waals surface area contributed by atoms with Crippen LogP contribution in [0.2, 0.25) is 5.02 Å². The van der Waals surface area contributed by atoms with Crippen LogP contribution in [0.25, 0.3) is 0 Å². The van der Waals surface area contributed by atoms with Gasteiger partial charge in [0.05, 0.1) is 22.9 Å². The minimum Gasteiger partial charge on any atom is -0.462 e. The quantitative estimate of drug-likeness (QED) is 0.523. The summed E-state index contributed by atoms with van der Waals surface area (Å²) >= 11 is 5.74. The summed E-state index contributed by atoms with van der Waals surface area (Å²) in [5.41, 5.74) is 2.72. The van der Waals surface area contributed by atoms with Crippen LogP contribution < -0.4 is 5.32 Å². The van der Waals surface area contributed by atoms with Crippen molar-refractivity contribution in [1.29, 1.82) is 0 Å². The van der Waals surface area contributed by atoms with Gasteiger partial charge in [-0.2, -0.15) is 5.10 Å². The molecule has 9 heteroatoms. The lowest BCUT2D eigenvalue weighted by atomic mass is 9.75. The molecule has 1 spiro atoms. The number of nitrogens with one attached hydrogen (secondary N) is 1. The first kappa shape index (κ1) is 22.7. The second-order valence-corrected chi connectivity index (χ2v) is 8.84. The Hall–Kier alpha value is -2.45. The number of hydrogen-bond donors (Lipinski definition) is 1. The number of amides is 1. The summed E-state index contributed by atoms with van der Waals surface area (Å²) in [5.74, 6) is -1.21. The summed E-state index contributed by atoms with van der Waals surface area (Å²) in [7, 11) is 0. The van der Waals surface area contributed by atoms with Gasteiger partial charge in [-0.25, -0.2) is 9.18 Å². The highest BCUT2D eigenvalue weighted by molar-refractivity contribution is 6.31. The summed E-state index contributed by atoms with van der Waals surface area (Å²) in [4.78, 5) is 25.0. The van der Waals surface area contributed by atoms with Crippen molar-refractivity contribution in [3.8, 4) is 0 Å². The lowest BCUT2D eigenvalue weighted by molar-refractivity contribution is 0.0160. The molecular formula is C23H27ClFN3O4. The van der Waals surface area contributed by atoms with E-state index < -0.39 is 11.8 Å². The molecule has 1 aromatic carbocycles.